The van der Waals surface area contributed by atoms with Gasteiger partial charge in [0.25, 0.3) is 0 Å². The highest BCUT2D eigenvalue weighted by atomic mass is 32.2. The maximum atomic E-state index is 6.16. The minimum atomic E-state index is 0.388. The van der Waals surface area contributed by atoms with E-state index in [0.717, 1.165) is 18.3 Å². The van der Waals surface area contributed by atoms with Crippen LogP contribution in [-0.2, 0) is 0 Å². The first-order valence-electron chi connectivity index (χ1n) is 9.20. The van der Waals surface area contributed by atoms with E-state index in [-0.39, 0.29) is 0 Å². The Morgan fingerprint density at radius 3 is 2.71 bits per heavy atom. The number of benzene rings is 1. The molecule has 1 unspecified atom stereocenters. The predicted octanol–water partition coefficient (Wildman–Crippen LogP) is 5.05. The molecule has 0 spiro atoms. The van der Waals surface area contributed by atoms with Crippen LogP contribution in [0.1, 0.15) is 44.6 Å². The van der Waals surface area contributed by atoms with Crippen LogP contribution in [0.15, 0.2) is 40.8 Å². The normalized spacial score (nSPS) is 23.7. The van der Waals surface area contributed by atoms with Crippen molar-refractivity contribution >= 4 is 17.3 Å². The Kier molecular flexibility index (Phi) is 4.73. The summed E-state index contributed by atoms with van der Waals surface area (Å²) < 4.78 is 6.16. The standard InChI is InChI=1S/C21H27NOS/c1-14-10-16(11-20(14)22-17-4-3-5-17)19-12-18(24-2)8-9-21(19)23-13-15-6-7-15/h8-12,15,17,20,22H,3-7,13H2,1-2H3. The van der Waals surface area contributed by atoms with Crippen molar-refractivity contribution in [1.82, 2.24) is 5.32 Å². The van der Waals surface area contributed by atoms with Crippen LogP contribution >= 0.6 is 11.8 Å². The first kappa shape index (κ1) is 16.3. The summed E-state index contributed by atoms with van der Waals surface area (Å²) in [4.78, 5) is 1.30. The van der Waals surface area contributed by atoms with Gasteiger partial charge in [0.15, 0.2) is 0 Å². The maximum Gasteiger partial charge on any atom is 0.127 e. The Morgan fingerprint density at radius 2 is 2.04 bits per heavy atom. The molecule has 0 heterocycles. The van der Waals surface area contributed by atoms with Crippen LogP contribution in [0, 0.1) is 5.92 Å². The predicted molar refractivity (Wildman–Crippen MR) is 103 cm³/mol. The molecule has 1 aromatic carbocycles. The van der Waals surface area contributed by atoms with Crippen molar-refractivity contribution in [3.8, 4) is 5.75 Å². The SMILES string of the molecule is CSc1ccc(OCC2CC2)c(C2=CC(NC3CCC3)C(C)=C2)c1. The highest BCUT2D eigenvalue weighted by Gasteiger charge is 2.26. The van der Waals surface area contributed by atoms with Gasteiger partial charge in [0.2, 0.25) is 0 Å². The van der Waals surface area contributed by atoms with Crippen molar-refractivity contribution in [3.05, 3.63) is 41.5 Å². The molecule has 0 aliphatic heterocycles. The molecule has 128 valence electrons. The van der Waals surface area contributed by atoms with E-state index in [1.807, 2.05) is 0 Å². The zero-order chi connectivity index (χ0) is 16.5. The van der Waals surface area contributed by atoms with Crippen LogP contribution in [0.4, 0.5) is 0 Å². The van der Waals surface area contributed by atoms with Crippen molar-refractivity contribution in [2.75, 3.05) is 12.9 Å². The van der Waals surface area contributed by atoms with Crippen molar-refractivity contribution < 1.29 is 4.74 Å². The Hall–Kier alpha value is -1.19. The van der Waals surface area contributed by atoms with Crippen LogP contribution in [0.5, 0.6) is 5.75 Å². The molecule has 0 amide bonds. The highest BCUT2D eigenvalue weighted by Crippen LogP contribution is 2.37. The molecule has 2 fully saturated rings. The molecular formula is C21H27NOS. The third-order valence-electron chi connectivity index (χ3n) is 5.41. The molecule has 2 saturated carbocycles. The zero-order valence-electron chi connectivity index (χ0n) is 14.7. The van der Waals surface area contributed by atoms with Crippen LogP contribution in [0.3, 0.4) is 0 Å². The lowest BCUT2D eigenvalue weighted by Gasteiger charge is -2.29. The third-order valence-corrected chi connectivity index (χ3v) is 6.13. The largest absolute Gasteiger partial charge is 0.493 e. The molecule has 0 saturated heterocycles. The fourth-order valence-electron chi connectivity index (χ4n) is 3.35. The van der Waals surface area contributed by atoms with E-state index in [0.29, 0.717) is 12.1 Å². The first-order valence-corrected chi connectivity index (χ1v) is 10.4. The van der Waals surface area contributed by atoms with Gasteiger partial charge in [0, 0.05) is 22.5 Å². The molecular weight excluding hydrogens is 314 g/mol. The molecule has 3 aliphatic rings. The fraction of sp³-hybridized carbons (Fsp3) is 0.524. The lowest BCUT2D eigenvalue weighted by Crippen LogP contribution is -2.41. The van der Waals surface area contributed by atoms with Crippen molar-refractivity contribution in [3.63, 3.8) is 0 Å². The van der Waals surface area contributed by atoms with Gasteiger partial charge >= 0.3 is 0 Å². The van der Waals surface area contributed by atoms with Gasteiger partial charge < -0.3 is 10.1 Å². The molecule has 3 aliphatic carbocycles. The second-order valence-corrected chi connectivity index (χ2v) is 8.28. The maximum absolute atomic E-state index is 6.16. The Labute approximate surface area is 149 Å². The van der Waals surface area contributed by atoms with E-state index < -0.39 is 0 Å². The number of nitrogens with one attached hydrogen (secondary N) is 1. The summed E-state index contributed by atoms with van der Waals surface area (Å²) in [5.74, 6) is 1.82. The Bertz CT molecular complexity index is 670. The Morgan fingerprint density at radius 1 is 1.21 bits per heavy atom. The average Bonchev–Trinajstić information content (AvgIpc) is 3.31. The lowest BCUT2D eigenvalue weighted by molar-refractivity contribution is 0.299. The topological polar surface area (TPSA) is 21.3 Å². The smallest absolute Gasteiger partial charge is 0.127 e. The fourth-order valence-corrected chi connectivity index (χ4v) is 3.79. The molecule has 3 heteroatoms. The van der Waals surface area contributed by atoms with Gasteiger partial charge in [-0.2, -0.15) is 0 Å². The number of allylic oxidation sites excluding steroid dienone is 2. The molecule has 0 aromatic heterocycles. The van der Waals surface area contributed by atoms with Gasteiger partial charge in [-0.25, -0.2) is 0 Å². The minimum absolute atomic E-state index is 0.388. The second-order valence-electron chi connectivity index (χ2n) is 7.40. The van der Waals surface area contributed by atoms with Gasteiger partial charge in [-0.15, -0.1) is 11.8 Å². The highest BCUT2D eigenvalue weighted by molar-refractivity contribution is 7.98. The van der Waals surface area contributed by atoms with Crippen LogP contribution < -0.4 is 10.1 Å². The number of thioether (sulfide) groups is 1. The summed E-state index contributed by atoms with van der Waals surface area (Å²) in [6.07, 6.45) is 13.5. The summed E-state index contributed by atoms with van der Waals surface area (Å²) in [6, 6.07) is 7.71. The summed E-state index contributed by atoms with van der Waals surface area (Å²) in [7, 11) is 0. The quantitative estimate of drug-likeness (QED) is 0.701. The molecule has 0 radical (unpaired) electrons. The van der Waals surface area contributed by atoms with Crippen molar-refractivity contribution in [2.45, 2.75) is 56.0 Å². The van der Waals surface area contributed by atoms with E-state index in [9.17, 15) is 0 Å². The van der Waals surface area contributed by atoms with Gasteiger partial charge in [-0.3, -0.25) is 0 Å². The molecule has 1 aromatic rings. The monoisotopic (exact) mass is 341 g/mol. The summed E-state index contributed by atoms with van der Waals surface area (Å²) in [5, 5.41) is 3.78. The third kappa shape index (κ3) is 3.57. The summed E-state index contributed by atoms with van der Waals surface area (Å²) in [5.41, 5.74) is 3.98. The number of hydrogen-bond donors (Lipinski definition) is 1. The Balaban J connectivity index is 1.57. The lowest BCUT2D eigenvalue weighted by atomic mass is 9.92. The van der Waals surface area contributed by atoms with Crippen molar-refractivity contribution in [2.24, 2.45) is 5.92 Å². The van der Waals surface area contributed by atoms with Crippen LogP contribution in [0.25, 0.3) is 5.57 Å². The average molecular weight is 342 g/mol. The van der Waals surface area contributed by atoms with E-state index >= 15 is 0 Å². The number of ether oxygens (including phenoxy) is 1. The molecule has 24 heavy (non-hydrogen) atoms. The molecule has 0 bridgehead atoms. The first-order chi connectivity index (χ1) is 11.7. The van der Waals surface area contributed by atoms with Crippen LogP contribution in [0.2, 0.25) is 0 Å². The second kappa shape index (κ2) is 6.97. The van der Waals surface area contributed by atoms with Gasteiger partial charge in [-0.05, 0) is 68.6 Å². The number of hydrogen-bond acceptors (Lipinski definition) is 3. The summed E-state index contributed by atoms with van der Waals surface area (Å²) >= 11 is 1.79. The van der Waals surface area contributed by atoms with Crippen molar-refractivity contribution in [1.29, 1.82) is 0 Å². The van der Waals surface area contributed by atoms with E-state index in [4.69, 9.17) is 4.74 Å². The zero-order valence-corrected chi connectivity index (χ0v) is 15.5. The molecule has 2 nitrogen and oxygen atoms in total. The summed E-state index contributed by atoms with van der Waals surface area (Å²) in [6.45, 7) is 3.11. The number of rotatable bonds is 7. The van der Waals surface area contributed by atoms with Gasteiger partial charge in [-0.1, -0.05) is 24.1 Å². The van der Waals surface area contributed by atoms with E-state index in [2.05, 4.69) is 48.8 Å². The van der Waals surface area contributed by atoms with Crippen LogP contribution in [-0.4, -0.2) is 24.9 Å². The van der Waals surface area contributed by atoms with Gasteiger partial charge in [0.05, 0.1) is 6.61 Å². The van der Waals surface area contributed by atoms with E-state index in [1.54, 1.807) is 11.8 Å². The molecule has 1 atom stereocenters. The molecule has 1 N–H and O–H groups in total. The van der Waals surface area contributed by atoms with Gasteiger partial charge in [0.1, 0.15) is 5.75 Å². The molecule has 4 rings (SSSR count). The minimum Gasteiger partial charge on any atom is -0.493 e. The van der Waals surface area contributed by atoms with E-state index in [1.165, 1.54) is 53.7 Å².